The van der Waals surface area contributed by atoms with Gasteiger partial charge < -0.3 is 5.32 Å². The Morgan fingerprint density at radius 2 is 1.95 bits per heavy atom. The van der Waals surface area contributed by atoms with Crippen molar-refractivity contribution in [1.82, 2.24) is 10.2 Å². The van der Waals surface area contributed by atoms with Gasteiger partial charge in [0, 0.05) is 32.2 Å². The average molecular weight is 301 g/mol. The molecule has 1 atom stereocenters. The number of halogens is 4. The second-order valence-corrected chi connectivity index (χ2v) is 4.90. The Balaban J connectivity index is 2.34. The molecule has 0 aliphatic carbocycles. The van der Waals surface area contributed by atoms with E-state index in [2.05, 4.69) is 5.32 Å². The van der Waals surface area contributed by atoms with Gasteiger partial charge in [0.15, 0.2) is 0 Å². The molecule has 1 heterocycles. The summed E-state index contributed by atoms with van der Waals surface area (Å²) in [7, 11) is 0. The molecule has 3 nitrogen and oxygen atoms in total. The summed E-state index contributed by atoms with van der Waals surface area (Å²) in [6.07, 6.45) is -4.66. The first kappa shape index (κ1) is 15.7. The highest BCUT2D eigenvalue weighted by Gasteiger charge is 2.35. The van der Waals surface area contributed by atoms with E-state index in [1.54, 1.807) is 0 Å². The van der Waals surface area contributed by atoms with Gasteiger partial charge in [0.1, 0.15) is 5.82 Å². The molecule has 0 unspecified atom stereocenters. The zero-order valence-corrected chi connectivity index (χ0v) is 11.3. The van der Waals surface area contributed by atoms with Crippen molar-refractivity contribution in [2.45, 2.75) is 18.6 Å². The van der Waals surface area contributed by atoms with E-state index in [9.17, 15) is 17.6 Å². The van der Waals surface area contributed by atoms with Crippen molar-refractivity contribution in [2.24, 2.45) is 0 Å². The van der Waals surface area contributed by atoms with E-state index in [1.807, 2.05) is 11.0 Å². The van der Waals surface area contributed by atoms with Crippen molar-refractivity contribution >= 4 is 0 Å². The highest BCUT2D eigenvalue weighted by molar-refractivity contribution is 5.30. The minimum absolute atomic E-state index is 0.0724. The summed E-state index contributed by atoms with van der Waals surface area (Å²) in [6.45, 7) is 2.72. The summed E-state index contributed by atoms with van der Waals surface area (Å²) < 4.78 is 51.7. The van der Waals surface area contributed by atoms with Gasteiger partial charge in [0.2, 0.25) is 0 Å². The number of nitrogens with one attached hydrogen (secondary N) is 1. The summed E-state index contributed by atoms with van der Waals surface area (Å²) in [5, 5.41) is 12.1. The first-order valence-corrected chi connectivity index (χ1v) is 6.62. The molecule has 7 heteroatoms. The van der Waals surface area contributed by atoms with Gasteiger partial charge in [0.25, 0.3) is 0 Å². The van der Waals surface area contributed by atoms with E-state index >= 15 is 0 Å². The van der Waals surface area contributed by atoms with E-state index in [4.69, 9.17) is 5.26 Å². The quantitative estimate of drug-likeness (QED) is 0.873. The predicted molar refractivity (Wildman–Crippen MR) is 68.8 cm³/mol. The van der Waals surface area contributed by atoms with Crippen LogP contribution in [0.4, 0.5) is 17.6 Å². The third kappa shape index (κ3) is 3.71. The number of hydrogen-bond acceptors (Lipinski definition) is 3. The molecule has 0 bridgehead atoms. The van der Waals surface area contributed by atoms with Crippen LogP contribution in [-0.4, -0.2) is 31.1 Å². The number of benzene rings is 1. The minimum Gasteiger partial charge on any atom is -0.314 e. The Morgan fingerprint density at radius 1 is 1.29 bits per heavy atom. The van der Waals surface area contributed by atoms with Crippen LogP contribution in [0, 0.1) is 17.1 Å². The number of hydrogen-bond donors (Lipinski definition) is 1. The molecule has 0 saturated carbocycles. The monoisotopic (exact) mass is 301 g/mol. The third-order valence-electron chi connectivity index (χ3n) is 3.56. The van der Waals surface area contributed by atoms with Crippen LogP contribution in [0.25, 0.3) is 0 Å². The van der Waals surface area contributed by atoms with Crippen LogP contribution in [0.5, 0.6) is 0 Å². The highest BCUT2D eigenvalue weighted by Crippen LogP contribution is 2.34. The minimum atomic E-state index is -4.74. The number of nitrogens with zero attached hydrogens (tertiary/aromatic N) is 2. The van der Waals surface area contributed by atoms with Crippen LogP contribution in [0.1, 0.15) is 23.6 Å². The standard InChI is InChI=1S/C14H15F4N3/c15-12-2-1-10(9-11(12)14(16,17)18)13(3-4-19)21-7-5-20-6-8-21/h1-2,9,13,20H,3,5-8H2/t13-/m0/s1. The fourth-order valence-electron chi connectivity index (χ4n) is 2.51. The molecular formula is C14H15F4N3. The van der Waals surface area contributed by atoms with Gasteiger partial charge in [-0.3, -0.25) is 4.90 Å². The lowest BCUT2D eigenvalue weighted by Crippen LogP contribution is -2.45. The Hall–Kier alpha value is -1.65. The van der Waals surface area contributed by atoms with Crippen molar-refractivity contribution in [3.8, 4) is 6.07 Å². The Morgan fingerprint density at radius 3 is 2.52 bits per heavy atom. The lowest BCUT2D eigenvalue weighted by Gasteiger charge is -2.34. The Labute approximate surface area is 120 Å². The molecule has 1 saturated heterocycles. The second kappa shape index (κ2) is 6.41. The second-order valence-electron chi connectivity index (χ2n) is 4.90. The van der Waals surface area contributed by atoms with Crippen molar-refractivity contribution in [3.63, 3.8) is 0 Å². The van der Waals surface area contributed by atoms with Gasteiger partial charge in [-0.15, -0.1) is 0 Å². The molecule has 1 aliphatic heterocycles. The van der Waals surface area contributed by atoms with Gasteiger partial charge in [-0.25, -0.2) is 4.39 Å². The number of rotatable bonds is 3. The molecule has 1 aromatic carbocycles. The molecule has 0 amide bonds. The van der Waals surface area contributed by atoms with Crippen LogP contribution in [0.3, 0.4) is 0 Å². The summed E-state index contributed by atoms with van der Waals surface area (Å²) in [5.41, 5.74) is -0.953. The molecule has 114 valence electrons. The van der Waals surface area contributed by atoms with Crippen molar-refractivity contribution < 1.29 is 17.6 Å². The van der Waals surface area contributed by atoms with Gasteiger partial charge in [-0.05, 0) is 17.7 Å². The van der Waals surface area contributed by atoms with Gasteiger partial charge in [-0.1, -0.05) is 6.07 Å². The van der Waals surface area contributed by atoms with Crippen LogP contribution in [-0.2, 0) is 6.18 Å². The zero-order chi connectivity index (χ0) is 15.5. The van der Waals surface area contributed by atoms with E-state index in [0.717, 1.165) is 25.2 Å². The molecule has 1 aliphatic rings. The molecule has 1 aromatic rings. The van der Waals surface area contributed by atoms with Crippen LogP contribution in [0.2, 0.25) is 0 Å². The fraction of sp³-hybridized carbons (Fsp3) is 0.500. The van der Waals surface area contributed by atoms with Gasteiger partial charge in [-0.2, -0.15) is 18.4 Å². The average Bonchev–Trinajstić information content (AvgIpc) is 2.45. The third-order valence-corrected chi connectivity index (χ3v) is 3.56. The normalized spacial score (nSPS) is 18.2. The zero-order valence-electron chi connectivity index (χ0n) is 11.3. The molecule has 0 aromatic heterocycles. The Bertz CT molecular complexity index is 530. The summed E-state index contributed by atoms with van der Waals surface area (Å²) in [5.74, 6) is -1.29. The number of nitriles is 1. The van der Waals surface area contributed by atoms with E-state index in [1.165, 1.54) is 6.07 Å². The van der Waals surface area contributed by atoms with Crippen molar-refractivity contribution in [2.75, 3.05) is 26.2 Å². The van der Waals surface area contributed by atoms with E-state index < -0.39 is 23.6 Å². The van der Waals surface area contributed by atoms with Crippen molar-refractivity contribution in [1.29, 1.82) is 5.26 Å². The Kier molecular flexibility index (Phi) is 4.80. The number of piperazine rings is 1. The van der Waals surface area contributed by atoms with Gasteiger partial charge in [0.05, 0.1) is 18.1 Å². The molecule has 0 radical (unpaired) electrons. The molecule has 1 N–H and O–H groups in total. The molecule has 21 heavy (non-hydrogen) atoms. The van der Waals surface area contributed by atoms with Crippen molar-refractivity contribution in [3.05, 3.63) is 35.1 Å². The van der Waals surface area contributed by atoms with Gasteiger partial charge >= 0.3 is 6.18 Å². The van der Waals surface area contributed by atoms with E-state index in [0.29, 0.717) is 18.7 Å². The maximum absolute atomic E-state index is 13.3. The molecule has 2 rings (SSSR count). The largest absolute Gasteiger partial charge is 0.419 e. The fourth-order valence-corrected chi connectivity index (χ4v) is 2.51. The molecular weight excluding hydrogens is 286 g/mol. The van der Waals surface area contributed by atoms with E-state index in [-0.39, 0.29) is 6.42 Å². The first-order chi connectivity index (χ1) is 9.93. The lowest BCUT2D eigenvalue weighted by molar-refractivity contribution is -0.140. The maximum atomic E-state index is 13.3. The number of alkyl halides is 3. The molecule has 1 fully saturated rings. The summed E-state index contributed by atoms with van der Waals surface area (Å²) in [6, 6.07) is 4.52. The summed E-state index contributed by atoms with van der Waals surface area (Å²) >= 11 is 0. The topological polar surface area (TPSA) is 39.1 Å². The van der Waals surface area contributed by atoms with Crippen LogP contribution in [0.15, 0.2) is 18.2 Å². The first-order valence-electron chi connectivity index (χ1n) is 6.62. The summed E-state index contributed by atoms with van der Waals surface area (Å²) in [4.78, 5) is 1.95. The predicted octanol–water partition coefficient (Wildman–Crippen LogP) is 2.70. The molecule has 0 spiro atoms. The smallest absolute Gasteiger partial charge is 0.314 e. The SMILES string of the molecule is N#CC[C@@H](c1ccc(F)c(C(F)(F)F)c1)N1CCNCC1. The lowest BCUT2D eigenvalue weighted by atomic mass is 9.99. The highest BCUT2D eigenvalue weighted by atomic mass is 19.4. The van der Waals surface area contributed by atoms with Crippen LogP contribution < -0.4 is 5.32 Å². The maximum Gasteiger partial charge on any atom is 0.419 e. The van der Waals surface area contributed by atoms with Crippen LogP contribution >= 0.6 is 0 Å².